The van der Waals surface area contributed by atoms with Crippen molar-refractivity contribution in [3.63, 3.8) is 0 Å². The molecule has 0 aliphatic carbocycles. The lowest BCUT2D eigenvalue weighted by atomic mass is 10.0. The summed E-state index contributed by atoms with van der Waals surface area (Å²) in [5.74, 6) is 1.03. The maximum Gasteiger partial charge on any atom is 0.119 e. The predicted molar refractivity (Wildman–Crippen MR) is 88.4 cm³/mol. The fourth-order valence-corrected chi connectivity index (χ4v) is 1.98. The lowest BCUT2D eigenvalue weighted by Gasteiger charge is -2.06. The Bertz CT molecular complexity index is 664. The highest BCUT2D eigenvalue weighted by Gasteiger charge is 2.02. The van der Waals surface area contributed by atoms with E-state index in [-0.39, 0.29) is 5.75 Å². The second-order valence-corrected chi connectivity index (χ2v) is 4.99. The third kappa shape index (κ3) is 4.39. The molecule has 0 heterocycles. The number of nitriles is 1. The SMILES string of the molecule is CCCCOc1ccc(C(C#N)=Cc2ccc(O)cc2)cc1. The highest BCUT2D eigenvalue weighted by atomic mass is 16.5. The summed E-state index contributed by atoms with van der Waals surface area (Å²) in [7, 11) is 0. The zero-order valence-electron chi connectivity index (χ0n) is 12.6. The van der Waals surface area contributed by atoms with E-state index in [1.54, 1.807) is 30.3 Å². The van der Waals surface area contributed by atoms with Gasteiger partial charge in [-0.1, -0.05) is 25.5 Å². The van der Waals surface area contributed by atoms with Gasteiger partial charge in [-0.2, -0.15) is 5.26 Å². The largest absolute Gasteiger partial charge is 0.508 e. The zero-order chi connectivity index (χ0) is 15.8. The molecule has 0 fully saturated rings. The van der Waals surface area contributed by atoms with Gasteiger partial charge in [0.15, 0.2) is 0 Å². The fourth-order valence-electron chi connectivity index (χ4n) is 1.98. The molecule has 1 N–H and O–H groups in total. The minimum absolute atomic E-state index is 0.212. The molecule has 3 nitrogen and oxygen atoms in total. The Labute approximate surface area is 131 Å². The number of aromatic hydroxyl groups is 1. The van der Waals surface area contributed by atoms with E-state index in [2.05, 4.69) is 13.0 Å². The second kappa shape index (κ2) is 7.90. The third-order valence-electron chi connectivity index (χ3n) is 3.26. The van der Waals surface area contributed by atoms with Crippen molar-refractivity contribution in [2.45, 2.75) is 19.8 Å². The normalized spacial score (nSPS) is 11.0. The van der Waals surface area contributed by atoms with E-state index in [0.29, 0.717) is 12.2 Å². The molecule has 0 saturated heterocycles. The molecule has 0 spiro atoms. The van der Waals surface area contributed by atoms with Crippen molar-refractivity contribution in [1.29, 1.82) is 5.26 Å². The number of benzene rings is 2. The average molecular weight is 293 g/mol. The van der Waals surface area contributed by atoms with E-state index in [1.807, 2.05) is 24.3 Å². The highest BCUT2D eigenvalue weighted by molar-refractivity contribution is 5.89. The summed E-state index contributed by atoms with van der Waals surface area (Å²) in [5.41, 5.74) is 2.29. The smallest absolute Gasteiger partial charge is 0.119 e. The molecule has 3 heteroatoms. The van der Waals surface area contributed by atoms with Crippen molar-refractivity contribution < 1.29 is 9.84 Å². The molecule has 112 valence electrons. The molecule has 22 heavy (non-hydrogen) atoms. The summed E-state index contributed by atoms with van der Waals surface area (Å²) in [6.45, 7) is 2.84. The van der Waals surface area contributed by atoms with Gasteiger partial charge >= 0.3 is 0 Å². The van der Waals surface area contributed by atoms with Crippen LogP contribution in [0.4, 0.5) is 0 Å². The van der Waals surface area contributed by atoms with Crippen LogP contribution in [0.1, 0.15) is 30.9 Å². The Kier molecular flexibility index (Phi) is 5.62. The van der Waals surface area contributed by atoms with Gasteiger partial charge < -0.3 is 9.84 Å². The van der Waals surface area contributed by atoms with Gasteiger partial charge in [0, 0.05) is 0 Å². The first kappa shape index (κ1) is 15.7. The minimum Gasteiger partial charge on any atom is -0.508 e. The van der Waals surface area contributed by atoms with Crippen molar-refractivity contribution >= 4 is 11.6 Å². The van der Waals surface area contributed by atoms with Crippen LogP contribution in [0.2, 0.25) is 0 Å². The van der Waals surface area contributed by atoms with Crippen LogP contribution >= 0.6 is 0 Å². The Morgan fingerprint density at radius 1 is 1.14 bits per heavy atom. The van der Waals surface area contributed by atoms with Crippen LogP contribution in [0.15, 0.2) is 48.5 Å². The number of ether oxygens (including phenoxy) is 1. The van der Waals surface area contributed by atoms with Crippen LogP contribution < -0.4 is 4.74 Å². The molecule has 0 bridgehead atoms. The molecule has 0 atom stereocenters. The minimum atomic E-state index is 0.212. The van der Waals surface area contributed by atoms with E-state index in [0.717, 1.165) is 29.7 Å². The number of allylic oxidation sites excluding steroid dienone is 1. The van der Waals surface area contributed by atoms with E-state index in [1.165, 1.54) is 0 Å². The van der Waals surface area contributed by atoms with Crippen molar-refractivity contribution in [2.24, 2.45) is 0 Å². The van der Waals surface area contributed by atoms with Gasteiger partial charge in [0.1, 0.15) is 11.5 Å². The lowest BCUT2D eigenvalue weighted by Crippen LogP contribution is -1.96. The van der Waals surface area contributed by atoms with Gasteiger partial charge in [0.05, 0.1) is 18.2 Å². The number of hydrogen-bond donors (Lipinski definition) is 1. The van der Waals surface area contributed by atoms with E-state index >= 15 is 0 Å². The Hall–Kier alpha value is -2.73. The predicted octanol–water partition coefficient (Wildman–Crippen LogP) is 4.64. The third-order valence-corrected chi connectivity index (χ3v) is 3.26. The summed E-state index contributed by atoms with van der Waals surface area (Å²) in [6, 6.07) is 16.5. The van der Waals surface area contributed by atoms with Gasteiger partial charge in [-0.15, -0.1) is 0 Å². The number of phenolic OH excluding ortho intramolecular Hbond substituents is 1. The van der Waals surface area contributed by atoms with Crippen molar-refractivity contribution in [3.05, 3.63) is 59.7 Å². The van der Waals surface area contributed by atoms with Crippen LogP contribution in [0.25, 0.3) is 11.6 Å². The molecule has 0 amide bonds. The molecule has 2 aromatic rings. The van der Waals surface area contributed by atoms with E-state index in [4.69, 9.17) is 4.74 Å². The molecule has 0 unspecified atom stereocenters. The number of phenols is 1. The van der Waals surface area contributed by atoms with Crippen molar-refractivity contribution in [3.8, 4) is 17.6 Å². The number of hydrogen-bond acceptors (Lipinski definition) is 3. The van der Waals surface area contributed by atoms with Crippen molar-refractivity contribution in [1.82, 2.24) is 0 Å². The molecular weight excluding hydrogens is 274 g/mol. The topological polar surface area (TPSA) is 53.2 Å². The monoisotopic (exact) mass is 293 g/mol. The van der Waals surface area contributed by atoms with E-state index < -0.39 is 0 Å². The van der Waals surface area contributed by atoms with Gasteiger partial charge in [0.2, 0.25) is 0 Å². The molecule has 2 rings (SSSR count). The maximum absolute atomic E-state index is 9.34. The van der Waals surface area contributed by atoms with Gasteiger partial charge in [-0.05, 0) is 60.0 Å². The number of rotatable bonds is 6. The van der Waals surface area contributed by atoms with Crippen LogP contribution in [-0.2, 0) is 0 Å². The summed E-state index contributed by atoms with van der Waals surface area (Å²) in [5, 5.41) is 18.6. The quantitative estimate of drug-likeness (QED) is 0.480. The first-order valence-corrected chi connectivity index (χ1v) is 7.37. The van der Waals surface area contributed by atoms with Gasteiger partial charge in [-0.25, -0.2) is 0 Å². The Morgan fingerprint density at radius 3 is 2.41 bits per heavy atom. The standard InChI is InChI=1S/C19H19NO2/c1-2-3-12-22-19-10-6-16(7-11-19)17(14-20)13-15-4-8-18(21)9-5-15/h4-11,13,21H,2-3,12H2,1H3. The zero-order valence-corrected chi connectivity index (χ0v) is 12.6. The summed E-state index contributed by atoms with van der Waals surface area (Å²) >= 11 is 0. The van der Waals surface area contributed by atoms with E-state index in [9.17, 15) is 10.4 Å². The second-order valence-electron chi connectivity index (χ2n) is 4.99. The van der Waals surface area contributed by atoms with Gasteiger partial charge in [-0.3, -0.25) is 0 Å². The Morgan fingerprint density at radius 2 is 1.82 bits per heavy atom. The molecular formula is C19H19NO2. The number of unbranched alkanes of at least 4 members (excludes halogenated alkanes) is 1. The molecule has 0 radical (unpaired) electrons. The Balaban J connectivity index is 2.14. The highest BCUT2D eigenvalue weighted by Crippen LogP contribution is 2.22. The lowest BCUT2D eigenvalue weighted by molar-refractivity contribution is 0.309. The molecule has 0 aliphatic heterocycles. The maximum atomic E-state index is 9.34. The summed E-state index contributed by atoms with van der Waals surface area (Å²) < 4.78 is 5.62. The van der Waals surface area contributed by atoms with Crippen LogP contribution in [-0.4, -0.2) is 11.7 Å². The molecule has 0 saturated carbocycles. The summed E-state index contributed by atoms with van der Waals surface area (Å²) in [4.78, 5) is 0. The molecule has 0 aliphatic rings. The molecule has 0 aromatic heterocycles. The van der Waals surface area contributed by atoms with Crippen LogP contribution in [0.3, 0.4) is 0 Å². The molecule has 2 aromatic carbocycles. The van der Waals surface area contributed by atoms with Crippen molar-refractivity contribution in [2.75, 3.05) is 6.61 Å². The van der Waals surface area contributed by atoms with Crippen LogP contribution in [0, 0.1) is 11.3 Å². The van der Waals surface area contributed by atoms with Crippen LogP contribution in [0.5, 0.6) is 11.5 Å². The summed E-state index contributed by atoms with van der Waals surface area (Å²) in [6.07, 6.45) is 3.93. The number of nitrogens with zero attached hydrogens (tertiary/aromatic N) is 1. The first-order valence-electron chi connectivity index (χ1n) is 7.37. The average Bonchev–Trinajstić information content (AvgIpc) is 2.55. The first-order chi connectivity index (χ1) is 10.7. The fraction of sp³-hybridized carbons (Fsp3) is 0.211. The van der Waals surface area contributed by atoms with Gasteiger partial charge in [0.25, 0.3) is 0 Å².